The summed E-state index contributed by atoms with van der Waals surface area (Å²) in [5.41, 5.74) is -0.167. The van der Waals surface area contributed by atoms with Crippen LogP contribution in [-0.2, 0) is 4.74 Å². The Bertz CT molecular complexity index is 1050. The van der Waals surface area contributed by atoms with Crippen LogP contribution in [0.3, 0.4) is 0 Å². The van der Waals surface area contributed by atoms with Crippen molar-refractivity contribution in [3.8, 4) is 28.7 Å². The number of hydrogen-bond acceptors (Lipinski definition) is 12. The van der Waals surface area contributed by atoms with Gasteiger partial charge in [0.05, 0.1) is 6.61 Å². The molecule has 12 heteroatoms. The molecule has 0 saturated carbocycles. The molecule has 2 aliphatic heterocycles. The summed E-state index contributed by atoms with van der Waals surface area (Å²) < 4.78 is 16.4. The molecule has 0 spiro atoms. The first-order valence-corrected chi connectivity index (χ1v) is 9.87. The van der Waals surface area contributed by atoms with Crippen LogP contribution < -0.4 is 9.47 Å². The van der Waals surface area contributed by atoms with Crippen molar-refractivity contribution < 1.29 is 59.9 Å². The molecule has 0 amide bonds. The van der Waals surface area contributed by atoms with Gasteiger partial charge >= 0.3 is 0 Å². The van der Waals surface area contributed by atoms with E-state index in [0.717, 1.165) is 18.2 Å². The van der Waals surface area contributed by atoms with Gasteiger partial charge < -0.3 is 55.1 Å². The molecule has 0 radical (unpaired) electrons. The third kappa shape index (κ3) is 4.04. The highest BCUT2D eigenvalue weighted by molar-refractivity contribution is 6.05. The van der Waals surface area contributed by atoms with E-state index in [1.54, 1.807) is 0 Å². The predicted octanol–water partition coefficient (Wildman–Crippen LogP) is -1.34. The molecular formula is C21H22O12. The molecule has 1 saturated heterocycles. The molecule has 33 heavy (non-hydrogen) atoms. The smallest absolute Gasteiger partial charge is 0.229 e. The Morgan fingerprint density at radius 2 is 1.61 bits per heavy atom. The van der Waals surface area contributed by atoms with Crippen molar-refractivity contribution in [3.05, 3.63) is 41.5 Å². The minimum absolute atomic E-state index is 0.160. The molecular weight excluding hydrogens is 444 g/mol. The lowest BCUT2D eigenvalue weighted by atomic mass is 9.92. The minimum atomic E-state index is -1.73. The molecule has 2 aromatic rings. The maximum atomic E-state index is 12.7. The average Bonchev–Trinajstić information content (AvgIpc) is 2.78. The molecule has 2 heterocycles. The van der Waals surface area contributed by atoms with Crippen LogP contribution in [0.25, 0.3) is 0 Å². The van der Waals surface area contributed by atoms with Crippen LogP contribution in [0.4, 0.5) is 0 Å². The number of phenolic OH excluding ortho intramolecular Hbond substituents is 3. The van der Waals surface area contributed by atoms with Gasteiger partial charge in [0.1, 0.15) is 47.2 Å². The number of Topliss-reactive ketones (excluding diaryl/α,β-unsaturated/α-hetero) is 1. The van der Waals surface area contributed by atoms with Gasteiger partial charge in [0.25, 0.3) is 0 Å². The number of ketones is 1. The van der Waals surface area contributed by atoms with E-state index >= 15 is 0 Å². The van der Waals surface area contributed by atoms with E-state index < -0.39 is 72.6 Å². The summed E-state index contributed by atoms with van der Waals surface area (Å²) in [4.78, 5) is 12.7. The van der Waals surface area contributed by atoms with Gasteiger partial charge in [0.2, 0.25) is 12.1 Å². The summed E-state index contributed by atoms with van der Waals surface area (Å²) in [5, 5.41) is 79.2. The molecule has 0 bridgehead atoms. The molecule has 4 rings (SSSR count). The largest absolute Gasteiger partial charge is 0.507 e. The molecule has 2 aliphatic rings. The number of carbonyl (C=O) groups excluding carboxylic acids is 1. The topological polar surface area (TPSA) is 207 Å². The average molecular weight is 466 g/mol. The van der Waals surface area contributed by atoms with Crippen LogP contribution in [0.15, 0.2) is 30.3 Å². The molecule has 12 nitrogen and oxygen atoms in total. The van der Waals surface area contributed by atoms with Crippen molar-refractivity contribution in [2.45, 2.75) is 42.9 Å². The lowest BCUT2D eigenvalue weighted by Crippen LogP contribution is -2.60. The zero-order valence-electron chi connectivity index (χ0n) is 16.8. The Labute approximate surface area is 186 Å². The van der Waals surface area contributed by atoms with Crippen LogP contribution in [0.5, 0.6) is 28.7 Å². The molecule has 1 fully saturated rings. The zero-order valence-corrected chi connectivity index (χ0v) is 16.8. The predicted molar refractivity (Wildman–Crippen MR) is 106 cm³/mol. The molecule has 0 aliphatic carbocycles. The third-order valence-corrected chi connectivity index (χ3v) is 5.54. The summed E-state index contributed by atoms with van der Waals surface area (Å²) in [5.74, 6) is -2.74. The number of hydrogen-bond donors (Lipinski definition) is 8. The highest BCUT2D eigenvalue weighted by Crippen LogP contribution is 2.43. The van der Waals surface area contributed by atoms with Gasteiger partial charge in [-0.2, -0.15) is 0 Å². The summed E-state index contributed by atoms with van der Waals surface area (Å²) in [7, 11) is 0. The quantitative estimate of drug-likeness (QED) is 0.246. The second kappa shape index (κ2) is 8.67. The monoisotopic (exact) mass is 466 g/mol. The Morgan fingerprint density at radius 1 is 0.879 bits per heavy atom. The number of benzene rings is 2. The van der Waals surface area contributed by atoms with E-state index in [-0.39, 0.29) is 22.6 Å². The minimum Gasteiger partial charge on any atom is -0.507 e. The number of phenols is 3. The number of ether oxygens (including phenoxy) is 3. The summed E-state index contributed by atoms with van der Waals surface area (Å²) in [6.45, 7) is -0.670. The third-order valence-electron chi connectivity index (χ3n) is 5.54. The first-order valence-electron chi connectivity index (χ1n) is 9.87. The fourth-order valence-corrected chi connectivity index (χ4v) is 3.74. The maximum Gasteiger partial charge on any atom is 0.229 e. The van der Waals surface area contributed by atoms with E-state index in [9.17, 15) is 45.6 Å². The molecule has 5 unspecified atom stereocenters. The zero-order chi connectivity index (χ0) is 24.0. The SMILES string of the molecule is O=C1c2c(O)cc(OC3OC(CO)C(O)C(O)C3O)cc2O[C@H](c2ccc(O)c(O)c2)[C@H]1O. The molecule has 0 aromatic heterocycles. The van der Waals surface area contributed by atoms with Gasteiger partial charge in [-0.05, 0) is 17.7 Å². The van der Waals surface area contributed by atoms with Gasteiger partial charge in [-0.15, -0.1) is 0 Å². The molecule has 2 aromatic carbocycles. The normalized spacial score (nSPS) is 31.5. The van der Waals surface area contributed by atoms with E-state index in [1.165, 1.54) is 12.1 Å². The van der Waals surface area contributed by atoms with Crippen molar-refractivity contribution in [2.24, 2.45) is 0 Å². The number of aliphatic hydroxyl groups excluding tert-OH is 5. The van der Waals surface area contributed by atoms with Crippen molar-refractivity contribution in [1.29, 1.82) is 0 Å². The maximum absolute atomic E-state index is 12.7. The first kappa shape index (κ1) is 23.0. The van der Waals surface area contributed by atoms with E-state index in [1.807, 2.05) is 0 Å². The highest BCUT2D eigenvalue weighted by Gasteiger charge is 2.45. The summed E-state index contributed by atoms with van der Waals surface area (Å²) >= 11 is 0. The highest BCUT2D eigenvalue weighted by atomic mass is 16.7. The van der Waals surface area contributed by atoms with Gasteiger partial charge in [0.15, 0.2) is 23.7 Å². The second-order valence-electron chi connectivity index (χ2n) is 7.73. The Balaban J connectivity index is 1.64. The first-order chi connectivity index (χ1) is 15.6. The number of aliphatic hydroxyl groups is 5. The number of aromatic hydroxyl groups is 3. The molecule has 7 atom stereocenters. The van der Waals surface area contributed by atoms with Crippen LogP contribution in [0, 0.1) is 0 Å². The van der Waals surface area contributed by atoms with E-state index in [4.69, 9.17) is 14.2 Å². The van der Waals surface area contributed by atoms with Gasteiger partial charge in [0, 0.05) is 12.1 Å². The molecule has 178 valence electrons. The Morgan fingerprint density at radius 3 is 2.27 bits per heavy atom. The van der Waals surface area contributed by atoms with Crippen molar-refractivity contribution in [1.82, 2.24) is 0 Å². The van der Waals surface area contributed by atoms with Crippen LogP contribution in [0.2, 0.25) is 0 Å². The van der Waals surface area contributed by atoms with E-state index in [0.29, 0.717) is 0 Å². The summed E-state index contributed by atoms with van der Waals surface area (Å²) in [6.07, 6.45) is -10.8. The van der Waals surface area contributed by atoms with Crippen molar-refractivity contribution in [3.63, 3.8) is 0 Å². The fourth-order valence-electron chi connectivity index (χ4n) is 3.74. The number of rotatable bonds is 4. The van der Waals surface area contributed by atoms with Gasteiger partial charge in [-0.3, -0.25) is 4.79 Å². The standard InChI is InChI=1S/C21H22O12/c22-6-13-15(26)17(28)19(30)21(33-13)31-8-4-11(25)14-12(5-8)32-20(18(29)16(14)27)7-1-2-9(23)10(24)3-7/h1-5,13,15,17-26,28-30H,6H2/t13?,15?,17?,18-,19?,20+,21?/m0/s1. The second-order valence-corrected chi connectivity index (χ2v) is 7.73. The van der Waals surface area contributed by atoms with Crippen LogP contribution in [0.1, 0.15) is 22.0 Å². The fraction of sp³-hybridized carbons (Fsp3) is 0.381. The van der Waals surface area contributed by atoms with Crippen LogP contribution in [-0.4, -0.2) is 90.1 Å². The van der Waals surface area contributed by atoms with Crippen molar-refractivity contribution >= 4 is 5.78 Å². The van der Waals surface area contributed by atoms with Gasteiger partial charge in [-0.1, -0.05) is 6.07 Å². The lowest BCUT2D eigenvalue weighted by molar-refractivity contribution is -0.277. The summed E-state index contributed by atoms with van der Waals surface area (Å²) in [6, 6.07) is 5.76. The lowest BCUT2D eigenvalue weighted by Gasteiger charge is -2.39. The van der Waals surface area contributed by atoms with E-state index in [2.05, 4.69) is 0 Å². The van der Waals surface area contributed by atoms with Crippen LogP contribution >= 0.6 is 0 Å². The Kier molecular flexibility index (Phi) is 6.05. The Hall–Kier alpha value is -3.13. The molecule has 8 N–H and O–H groups in total. The van der Waals surface area contributed by atoms with Crippen molar-refractivity contribution in [2.75, 3.05) is 6.61 Å². The number of fused-ring (bicyclic) bond motifs is 1. The van der Waals surface area contributed by atoms with Gasteiger partial charge in [-0.25, -0.2) is 0 Å². The number of carbonyl (C=O) groups is 1.